The monoisotopic (exact) mass is 330 g/mol. The Morgan fingerprint density at radius 1 is 1.39 bits per heavy atom. The summed E-state index contributed by atoms with van der Waals surface area (Å²) in [5.41, 5.74) is 1.83. The van der Waals surface area contributed by atoms with Crippen LogP contribution >= 0.6 is 11.3 Å². The standard InChI is InChI=1S/C16H18N4O2S/c1-9(2)12(8-21)19-16-20-15(22)13(23-16)6-10-7-18-14-11(10)4-3-5-17-14/h3-7,9,12,21-22H,8H2,1-2H3,(H,19,20)/b10-6+/t12-/m0/s1. The number of pyridine rings is 1. The van der Waals surface area contributed by atoms with E-state index in [9.17, 15) is 10.2 Å². The summed E-state index contributed by atoms with van der Waals surface area (Å²) in [6.45, 7) is 4.05. The summed E-state index contributed by atoms with van der Waals surface area (Å²) in [4.78, 5) is 13.2. The number of anilines is 1. The number of aliphatic hydroxyl groups excluding tert-OH is 1. The van der Waals surface area contributed by atoms with Crippen LogP contribution < -0.4 is 5.32 Å². The molecule has 7 heteroatoms. The Labute approximate surface area is 138 Å². The van der Waals surface area contributed by atoms with E-state index < -0.39 is 0 Å². The van der Waals surface area contributed by atoms with E-state index in [1.165, 1.54) is 11.3 Å². The van der Waals surface area contributed by atoms with Crippen molar-refractivity contribution in [3.63, 3.8) is 0 Å². The van der Waals surface area contributed by atoms with Gasteiger partial charge in [-0.2, -0.15) is 4.98 Å². The molecule has 0 unspecified atom stereocenters. The first-order valence-electron chi connectivity index (χ1n) is 7.37. The van der Waals surface area contributed by atoms with E-state index >= 15 is 0 Å². The lowest BCUT2D eigenvalue weighted by Gasteiger charge is -2.18. The van der Waals surface area contributed by atoms with Crippen LogP contribution in [0.1, 0.15) is 24.3 Å². The van der Waals surface area contributed by atoms with Gasteiger partial charge in [-0.15, -0.1) is 0 Å². The molecule has 6 nitrogen and oxygen atoms in total. The minimum absolute atomic E-state index is 0.0140. The summed E-state index contributed by atoms with van der Waals surface area (Å²) in [6, 6.07) is 3.70. The maximum atomic E-state index is 10.1. The van der Waals surface area contributed by atoms with Gasteiger partial charge in [-0.05, 0) is 24.1 Å². The zero-order valence-corrected chi connectivity index (χ0v) is 13.7. The summed E-state index contributed by atoms with van der Waals surface area (Å²) < 4.78 is 0. The smallest absolute Gasteiger partial charge is 0.231 e. The highest BCUT2D eigenvalue weighted by atomic mass is 32.1. The Hall–Kier alpha value is -2.25. The molecule has 0 saturated carbocycles. The molecule has 0 spiro atoms. The number of hydrogen-bond acceptors (Lipinski definition) is 7. The molecular weight excluding hydrogens is 312 g/mol. The number of nitrogens with zero attached hydrogens (tertiary/aromatic N) is 3. The van der Waals surface area contributed by atoms with Gasteiger partial charge in [-0.25, -0.2) is 9.98 Å². The van der Waals surface area contributed by atoms with Crippen molar-refractivity contribution in [3.05, 3.63) is 28.8 Å². The van der Waals surface area contributed by atoms with E-state index in [2.05, 4.69) is 20.3 Å². The molecule has 3 rings (SSSR count). The van der Waals surface area contributed by atoms with Gasteiger partial charge in [0, 0.05) is 23.5 Å². The molecule has 3 N–H and O–H groups in total. The number of hydrogen-bond donors (Lipinski definition) is 3. The summed E-state index contributed by atoms with van der Waals surface area (Å²) >= 11 is 1.34. The normalized spacial score (nSPS) is 16.1. The van der Waals surface area contributed by atoms with E-state index in [1.807, 2.05) is 32.1 Å². The first-order chi connectivity index (χ1) is 11.1. The summed E-state index contributed by atoms with van der Waals surface area (Å²) in [6.07, 6.45) is 5.28. The number of aliphatic imine (C=N–C) groups is 1. The lowest BCUT2D eigenvalue weighted by molar-refractivity contribution is 0.249. The minimum Gasteiger partial charge on any atom is -0.492 e. The first kappa shape index (κ1) is 15.6. The van der Waals surface area contributed by atoms with Crippen molar-refractivity contribution in [3.8, 4) is 5.88 Å². The third-order valence-corrected chi connectivity index (χ3v) is 4.58. The molecule has 1 atom stereocenters. The molecule has 3 heterocycles. The van der Waals surface area contributed by atoms with Gasteiger partial charge < -0.3 is 15.5 Å². The van der Waals surface area contributed by atoms with Gasteiger partial charge in [0.2, 0.25) is 5.88 Å². The molecule has 0 saturated heterocycles. The van der Waals surface area contributed by atoms with Gasteiger partial charge in [0.05, 0.1) is 17.5 Å². The molecule has 23 heavy (non-hydrogen) atoms. The van der Waals surface area contributed by atoms with Crippen LogP contribution in [0.25, 0.3) is 11.6 Å². The zero-order chi connectivity index (χ0) is 16.4. The lowest BCUT2D eigenvalue weighted by Crippen LogP contribution is -2.29. The van der Waals surface area contributed by atoms with Crippen LogP contribution in [-0.2, 0) is 0 Å². The van der Waals surface area contributed by atoms with Gasteiger partial charge in [0.25, 0.3) is 0 Å². The highest BCUT2D eigenvalue weighted by Crippen LogP contribution is 2.35. The predicted molar refractivity (Wildman–Crippen MR) is 93.4 cm³/mol. The summed E-state index contributed by atoms with van der Waals surface area (Å²) in [7, 11) is 0. The van der Waals surface area contributed by atoms with Crippen LogP contribution in [-0.4, -0.2) is 39.0 Å². The molecule has 0 amide bonds. The van der Waals surface area contributed by atoms with Gasteiger partial charge in [0.1, 0.15) is 0 Å². The molecule has 0 aromatic carbocycles. The maximum absolute atomic E-state index is 10.1. The average molecular weight is 330 g/mol. The maximum Gasteiger partial charge on any atom is 0.231 e. The highest BCUT2D eigenvalue weighted by molar-refractivity contribution is 7.16. The van der Waals surface area contributed by atoms with Crippen LogP contribution in [0, 0.1) is 5.92 Å². The van der Waals surface area contributed by atoms with Crippen molar-refractivity contribution < 1.29 is 10.2 Å². The second kappa shape index (κ2) is 6.47. The molecule has 0 bridgehead atoms. The van der Waals surface area contributed by atoms with E-state index in [0.29, 0.717) is 15.8 Å². The van der Waals surface area contributed by atoms with Crippen LogP contribution in [0.3, 0.4) is 0 Å². The van der Waals surface area contributed by atoms with E-state index in [1.54, 1.807) is 12.4 Å². The number of aromatic nitrogens is 2. The average Bonchev–Trinajstić information content (AvgIpc) is 3.09. The Bertz CT molecular complexity index is 767. The number of nitrogens with one attached hydrogen (secondary N) is 1. The predicted octanol–water partition coefficient (Wildman–Crippen LogP) is 2.93. The fourth-order valence-corrected chi connectivity index (χ4v) is 3.12. The Balaban J connectivity index is 1.85. The van der Waals surface area contributed by atoms with Crippen molar-refractivity contribution >= 4 is 40.1 Å². The number of aliphatic hydroxyl groups is 1. The molecule has 0 radical (unpaired) electrons. The second-order valence-corrected chi connectivity index (χ2v) is 6.65. The second-order valence-electron chi connectivity index (χ2n) is 5.62. The molecular formula is C16H18N4O2S. The highest BCUT2D eigenvalue weighted by Gasteiger charge is 2.18. The van der Waals surface area contributed by atoms with Crippen molar-refractivity contribution in [2.45, 2.75) is 19.9 Å². The van der Waals surface area contributed by atoms with Crippen molar-refractivity contribution in [2.75, 3.05) is 11.9 Å². The number of fused-ring (bicyclic) bond motifs is 1. The molecule has 1 aliphatic heterocycles. The van der Waals surface area contributed by atoms with E-state index in [4.69, 9.17) is 0 Å². The van der Waals surface area contributed by atoms with Crippen LogP contribution in [0.5, 0.6) is 5.88 Å². The Morgan fingerprint density at radius 3 is 2.96 bits per heavy atom. The fourth-order valence-electron chi connectivity index (χ4n) is 2.24. The SMILES string of the molecule is CC(C)[C@H](CO)Nc1nc(O)c(/C=C2\C=Nc3ncccc32)s1. The number of thiazole rings is 1. The van der Waals surface area contributed by atoms with Gasteiger partial charge >= 0.3 is 0 Å². The zero-order valence-electron chi connectivity index (χ0n) is 12.9. The lowest BCUT2D eigenvalue weighted by atomic mass is 10.1. The number of aromatic hydroxyl groups is 1. The van der Waals surface area contributed by atoms with E-state index in [0.717, 1.165) is 11.1 Å². The molecule has 2 aromatic rings. The summed E-state index contributed by atoms with van der Waals surface area (Å²) in [5, 5.41) is 23.2. The van der Waals surface area contributed by atoms with Crippen molar-refractivity contribution in [1.82, 2.24) is 9.97 Å². The van der Waals surface area contributed by atoms with Gasteiger partial charge in [-0.3, -0.25) is 0 Å². The third kappa shape index (κ3) is 3.25. The molecule has 0 aliphatic carbocycles. The first-order valence-corrected chi connectivity index (χ1v) is 8.18. The molecule has 2 aromatic heterocycles. The van der Waals surface area contributed by atoms with Gasteiger partial charge in [-0.1, -0.05) is 25.2 Å². The fraction of sp³-hybridized carbons (Fsp3) is 0.312. The Morgan fingerprint density at radius 2 is 2.22 bits per heavy atom. The molecule has 1 aliphatic rings. The quantitative estimate of drug-likeness (QED) is 0.784. The van der Waals surface area contributed by atoms with Crippen LogP contribution in [0.2, 0.25) is 0 Å². The minimum atomic E-state index is -0.0981. The number of rotatable bonds is 5. The van der Waals surface area contributed by atoms with Gasteiger partial charge in [0.15, 0.2) is 10.9 Å². The van der Waals surface area contributed by atoms with Crippen molar-refractivity contribution in [1.29, 1.82) is 0 Å². The van der Waals surface area contributed by atoms with Crippen molar-refractivity contribution in [2.24, 2.45) is 10.9 Å². The largest absolute Gasteiger partial charge is 0.492 e. The topological polar surface area (TPSA) is 90.6 Å². The van der Waals surface area contributed by atoms with Crippen LogP contribution in [0.4, 0.5) is 10.9 Å². The summed E-state index contributed by atoms with van der Waals surface area (Å²) in [5.74, 6) is 0.908. The molecule has 0 fully saturated rings. The number of allylic oxidation sites excluding steroid dienone is 1. The Kier molecular flexibility index (Phi) is 4.40. The molecule has 120 valence electrons. The third-order valence-electron chi connectivity index (χ3n) is 3.65. The van der Waals surface area contributed by atoms with E-state index in [-0.39, 0.29) is 24.4 Å². The van der Waals surface area contributed by atoms with Crippen LogP contribution in [0.15, 0.2) is 23.3 Å².